The second-order valence-corrected chi connectivity index (χ2v) is 14.2. The average molecular weight is 720 g/mol. The van der Waals surface area contributed by atoms with Crippen molar-refractivity contribution in [2.75, 3.05) is 0 Å². The second-order valence-electron chi connectivity index (χ2n) is 14.2. The van der Waals surface area contributed by atoms with Gasteiger partial charge in [0.2, 0.25) is 0 Å². The molecular formula is C54H33NO. The highest BCUT2D eigenvalue weighted by molar-refractivity contribution is 6.22. The Hall–Kier alpha value is -7.42. The smallest absolute Gasteiger partial charge is 0.159 e. The summed E-state index contributed by atoms with van der Waals surface area (Å²) in [5.41, 5.74) is 7.72. The molecule has 2 heteroatoms. The zero-order valence-electron chi connectivity index (χ0n) is 37.8. The molecule has 260 valence electrons. The average Bonchev–Trinajstić information content (AvgIpc) is 3.88. The van der Waals surface area contributed by atoms with Crippen molar-refractivity contribution in [3.63, 3.8) is 0 Å². The van der Waals surface area contributed by atoms with Gasteiger partial charge in [-0.2, -0.15) is 0 Å². The third-order valence-electron chi connectivity index (χ3n) is 11.2. The molecule has 0 saturated carbocycles. The van der Waals surface area contributed by atoms with E-state index in [1.54, 1.807) is 12.1 Å². The van der Waals surface area contributed by atoms with Gasteiger partial charge in [0.1, 0.15) is 5.58 Å². The van der Waals surface area contributed by atoms with Crippen molar-refractivity contribution >= 4 is 76.1 Å². The van der Waals surface area contributed by atoms with Crippen LogP contribution in [0, 0.1) is 0 Å². The first-order valence-electron chi connectivity index (χ1n) is 22.6. The fourth-order valence-corrected chi connectivity index (χ4v) is 8.81. The first-order chi connectivity index (χ1) is 31.1. The van der Waals surface area contributed by atoms with Crippen LogP contribution in [0.15, 0.2) is 204 Å². The summed E-state index contributed by atoms with van der Waals surface area (Å²) in [7, 11) is 0. The van der Waals surface area contributed by atoms with Crippen molar-refractivity contribution in [2.45, 2.75) is 0 Å². The lowest BCUT2D eigenvalue weighted by Gasteiger charge is -2.19. The van der Waals surface area contributed by atoms with Gasteiger partial charge in [-0.15, -0.1) is 0 Å². The highest BCUT2D eigenvalue weighted by Crippen LogP contribution is 2.47. The number of hydrogen-bond donors (Lipinski definition) is 0. The molecule has 0 unspecified atom stereocenters. The molecular weight excluding hydrogens is 679 g/mol. The topological polar surface area (TPSA) is 18.1 Å². The van der Waals surface area contributed by atoms with Crippen LogP contribution in [-0.2, 0) is 0 Å². The fourth-order valence-electron chi connectivity index (χ4n) is 8.81. The third-order valence-corrected chi connectivity index (χ3v) is 11.2. The summed E-state index contributed by atoms with van der Waals surface area (Å²) in [6.45, 7) is 0. The van der Waals surface area contributed by atoms with Crippen molar-refractivity contribution in [1.82, 2.24) is 4.57 Å². The van der Waals surface area contributed by atoms with Crippen molar-refractivity contribution in [2.24, 2.45) is 0 Å². The Balaban J connectivity index is 1.27. The number of benzene rings is 10. The molecule has 12 aromatic rings. The van der Waals surface area contributed by atoms with Crippen LogP contribution >= 0.6 is 0 Å². The Labute approximate surface area is 334 Å². The predicted molar refractivity (Wildman–Crippen MR) is 237 cm³/mol. The van der Waals surface area contributed by atoms with Crippen molar-refractivity contribution < 1.29 is 15.4 Å². The number of furan rings is 1. The molecule has 0 saturated heterocycles. The molecule has 56 heavy (non-hydrogen) atoms. The quantitative estimate of drug-likeness (QED) is 0.166. The summed E-state index contributed by atoms with van der Waals surface area (Å²) < 4.78 is 82.6. The minimum Gasteiger partial charge on any atom is -0.454 e. The maximum absolute atomic E-state index is 9.54. The molecule has 0 atom stereocenters. The SMILES string of the molecule is [2H]c1c([2H])c([2H])c2c(-c3cc(-c4cc(-n5c6ccccc6c6ccccc65)c5oc6ccccc6c5c4)c4ccccc4c3)c3c([2H])c([2H])c([2H])c([2H])c3c(-c3ccccc3)c2c1[2H]. The van der Waals surface area contributed by atoms with Gasteiger partial charge in [0.05, 0.1) is 27.7 Å². The van der Waals surface area contributed by atoms with E-state index in [2.05, 4.69) is 53.1 Å². The molecule has 0 aliphatic carbocycles. The molecule has 2 nitrogen and oxygen atoms in total. The highest BCUT2D eigenvalue weighted by atomic mass is 16.3. The number of rotatable bonds is 4. The number of nitrogens with zero attached hydrogens (tertiary/aromatic N) is 1. The van der Waals surface area contributed by atoms with Gasteiger partial charge >= 0.3 is 0 Å². The number of aromatic nitrogens is 1. The van der Waals surface area contributed by atoms with Gasteiger partial charge in [-0.25, -0.2) is 0 Å². The van der Waals surface area contributed by atoms with Gasteiger partial charge in [-0.05, 0) is 108 Å². The molecule has 0 N–H and O–H groups in total. The van der Waals surface area contributed by atoms with Crippen LogP contribution < -0.4 is 0 Å². The lowest BCUT2D eigenvalue weighted by molar-refractivity contribution is 0.666. The van der Waals surface area contributed by atoms with E-state index in [4.69, 9.17) is 9.90 Å². The lowest BCUT2D eigenvalue weighted by Crippen LogP contribution is -1.96. The van der Waals surface area contributed by atoms with E-state index in [9.17, 15) is 5.48 Å². The Morgan fingerprint density at radius 1 is 0.393 bits per heavy atom. The lowest BCUT2D eigenvalue weighted by atomic mass is 9.84. The largest absolute Gasteiger partial charge is 0.454 e. The number of para-hydroxylation sites is 3. The van der Waals surface area contributed by atoms with Crippen LogP contribution in [0.25, 0.3) is 115 Å². The third kappa shape index (κ3) is 4.50. The van der Waals surface area contributed by atoms with E-state index in [0.29, 0.717) is 22.3 Å². The minimum absolute atomic E-state index is 0.172. The molecule has 12 rings (SSSR count). The molecule has 0 fully saturated rings. The Bertz CT molecular complexity index is 3870. The maximum atomic E-state index is 9.54. The molecule has 2 aromatic heterocycles. The molecule has 0 amide bonds. The molecule has 0 bridgehead atoms. The molecule has 0 aliphatic heterocycles. The van der Waals surface area contributed by atoms with Crippen LogP contribution in [-0.4, -0.2) is 4.57 Å². The molecule has 0 radical (unpaired) electrons. The van der Waals surface area contributed by atoms with E-state index in [-0.39, 0.29) is 45.7 Å². The van der Waals surface area contributed by atoms with Gasteiger partial charge in [-0.3, -0.25) is 0 Å². The molecule has 2 heterocycles. The summed E-state index contributed by atoms with van der Waals surface area (Å²) in [4.78, 5) is 0. The number of fused-ring (bicyclic) bond motifs is 9. The minimum atomic E-state index is -0.438. The summed E-state index contributed by atoms with van der Waals surface area (Å²) in [5.74, 6) is 0. The van der Waals surface area contributed by atoms with Gasteiger partial charge < -0.3 is 8.98 Å². The molecule has 10 aromatic carbocycles. The fraction of sp³-hybridized carbons (Fsp3) is 0. The van der Waals surface area contributed by atoms with Crippen molar-refractivity contribution in [3.05, 3.63) is 200 Å². The predicted octanol–water partition coefficient (Wildman–Crippen LogP) is 15.1. The van der Waals surface area contributed by atoms with Crippen molar-refractivity contribution in [1.29, 1.82) is 0 Å². The molecule has 0 spiro atoms. The van der Waals surface area contributed by atoms with Gasteiger partial charge in [0.25, 0.3) is 0 Å². The monoisotopic (exact) mass is 719 g/mol. The van der Waals surface area contributed by atoms with Crippen LogP contribution in [0.1, 0.15) is 11.0 Å². The summed E-state index contributed by atoms with van der Waals surface area (Å²) in [6, 6.07) is 47.0. The maximum Gasteiger partial charge on any atom is 0.159 e. The van der Waals surface area contributed by atoms with Crippen LogP contribution in [0.3, 0.4) is 0 Å². The highest BCUT2D eigenvalue weighted by Gasteiger charge is 2.22. The van der Waals surface area contributed by atoms with Crippen LogP contribution in [0.2, 0.25) is 0 Å². The zero-order chi connectivity index (χ0) is 43.7. The molecule has 0 aliphatic rings. The van der Waals surface area contributed by atoms with E-state index in [0.717, 1.165) is 71.3 Å². The first kappa shape index (κ1) is 24.1. The number of hydrogen-bond acceptors (Lipinski definition) is 1. The Morgan fingerprint density at radius 2 is 0.929 bits per heavy atom. The van der Waals surface area contributed by atoms with Crippen LogP contribution in [0.5, 0.6) is 0 Å². The summed E-state index contributed by atoms with van der Waals surface area (Å²) in [6.07, 6.45) is 0. The van der Waals surface area contributed by atoms with Crippen molar-refractivity contribution in [3.8, 4) is 39.1 Å². The first-order valence-corrected chi connectivity index (χ1v) is 18.6. The van der Waals surface area contributed by atoms with E-state index in [1.807, 2.05) is 91.0 Å². The van der Waals surface area contributed by atoms with Gasteiger partial charge in [-0.1, -0.05) is 158 Å². The second kappa shape index (κ2) is 12.0. The van der Waals surface area contributed by atoms with Gasteiger partial charge in [0.15, 0.2) is 5.58 Å². The Kier molecular flexibility index (Phi) is 5.18. The van der Waals surface area contributed by atoms with Crippen LogP contribution in [0.4, 0.5) is 0 Å². The normalized spacial score (nSPS) is 13.9. The standard InChI is InChI=1S/C54H33NO/c1-2-16-34(17-3-1)52-42-23-6-8-25-44(42)53(45-26-9-7-24-43(45)52)37-30-35-18-4-5-19-38(35)46(32-37)36-31-47-41-22-12-15-29-51(41)56-54(47)50(33-36)55-48-27-13-10-20-39(48)40-21-11-14-28-49(40)55/h1-33H/i6D,7D,8D,9D,23D,24D,25D,26D. The summed E-state index contributed by atoms with van der Waals surface area (Å²) >= 11 is 0. The zero-order valence-corrected chi connectivity index (χ0v) is 29.8. The summed E-state index contributed by atoms with van der Waals surface area (Å²) in [5, 5.41) is 6.52. The van der Waals surface area contributed by atoms with E-state index < -0.39 is 24.2 Å². The van der Waals surface area contributed by atoms with Gasteiger partial charge in [0, 0.05) is 21.5 Å². The Morgan fingerprint density at radius 3 is 1.59 bits per heavy atom. The van der Waals surface area contributed by atoms with E-state index in [1.165, 1.54) is 0 Å². The van der Waals surface area contributed by atoms with E-state index >= 15 is 0 Å².